The molecule has 0 unspecified atom stereocenters. The first-order chi connectivity index (χ1) is 7.89. The molecule has 17 heavy (non-hydrogen) atoms. The summed E-state index contributed by atoms with van der Waals surface area (Å²) >= 11 is 0. The zero-order valence-electron chi connectivity index (χ0n) is 10.6. The van der Waals surface area contributed by atoms with Crippen LogP contribution < -0.4 is 0 Å². The van der Waals surface area contributed by atoms with Crippen molar-refractivity contribution < 1.29 is 8.42 Å². The molecule has 0 bridgehead atoms. The molecule has 0 atom stereocenters. The standard InChI is InChI=1S/C12H18N2O2S/c1-5-13-14(10(2)3)17(15,16)12-8-6-11(4)7-9-12/h5-10H,1-4H3/b13-5-. The Morgan fingerprint density at radius 2 is 1.76 bits per heavy atom. The monoisotopic (exact) mass is 254 g/mol. The topological polar surface area (TPSA) is 49.7 Å². The van der Waals surface area contributed by atoms with E-state index in [1.54, 1.807) is 45.0 Å². The van der Waals surface area contributed by atoms with Crippen molar-refractivity contribution >= 4 is 16.2 Å². The van der Waals surface area contributed by atoms with Crippen LogP contribution >= 0.6 is 0 Å². The summed E-state index contributed by atoms with van der Waals surface area (Å²) < 4.78 is 25.7. The maximum absolute atomic E-state index is 12.3. The molecule has 0 aliphatic rings. The summed E-state index contributed by atoms with van der Waals surface area (Å²) in [6, 6.07) is 6.55. The number of hydrogen-bond acceptors (Lipinski definition) is 3. The number of sulfonamides is 1. The Labute approximate surface area is 103 Å². The van der Waals surface area contributed by atoms with Crippen LogP contribution in [0.2, 0.25) is 0 Å². The van der Waals surface area contributed by atoms with Crippen molar-refractivity contribution in [1.82, 2.24) is 4.41 Å². The Kier molecular flexibility index (Phi) is 4.28. The second kappa shape index (κ2) is 5.31. The van der Waals surface area contributed by atoms with Crippen molar-refractivity contribution in [3.05, 3.63) is 29.8 Å². The van der Waals surface area contributed by atoms with E-state index in [1.807, 2.05) is 6.92 Å². The van der Waals surface area contributed by atoms with E-state index >= 15 is 0 Å². The summed E-state index contributed by atoms with van der Waals surface area (Å²) in [4.78, 5) is 0.266. The number of nitrogens with zero attached hydrogens (tertiary/aromatic N) is 2. The molecule has 0 saturated heterocycles. The molecule has 0 aliphatic heterocycles. The highest BCUT2D eigenvalue weighted by Gasteiger charge is 2.24. The average molecular weight is 254 g/mol. The van der Waals surface area contributed by atoms with Gasteiger partial charge in [-0.25, -0.2) is 0 Å². The van der Waals surface area contributed by atoms with Crippen LogP contribution in [0.15, 0.2) is 34.3 Å². The molecule has 0 fully saturated rings. The van der Waals surface area contributed by atoms with Gasteiger partial charge in [-0.2, -0.15) is 17.9 Å². The normalized spacial score (nSPS) is 12.3. The maximum Gasteiger partial charge on any atom is 0.279 e. The quantitative estimate of drug-likeness (QED) is 0.612. The van der Waals surface area contributed by atoms with Crippen molar-refractivity contribution in [2.45, 2.75) is 38.6 Å². The van der Waals surface area contributed by atoms with Gasteiger partial charge < -0.3 is 0 Å². The van der Waals surface area contributed by atoms with E-state index in [1.165, 1.54) is 6.21 Å². The highest BCUT2D eigenvalue weighted by molar-refractivity contribution is 7.89. The van der Waals surface area contributed by atoms with Gasteiger partial charge in [-0.3, -0.25) is 0 Å². The first-order valence-electron chi connectivity index (χ1n) is 5.49. The molecule has 0 N–H and O–H groups in total. The zero-order valence-corrected chi connectivity index (χ0v) is 11.4. The predicted octanol–water partition coefficient (Wildman–Crippen LogP) is 2.40. The van der Waals surface area contributed by atoms with Gasteiger partial charge in [0.1, 0.15) is 0 Å². The molecule has 0 spiro atoms. The molecule has 0 amide bonds. The first-order valence-corrected chi connectivity index (χ1v) is 6.93. The van der Waals surface area contributed by atoms with Crippen LogP contribution in [-0.2, 0) is 10.0 Å². The lowest BCUT2D eigenvalue weighted by atomic mass is 10.2. The van der Waals surface area contributed by atoms with Crippen molar-refractivity contribution in [1.29, 1.82) is 0 Å². The highest BCUT2D eigenvalue weighted by Crippen LogP contribution is 2.18. The lowest BCUT2D eigenvalue weighted by molar-refractivity contribution is 0.371. The fraction of sp³-hybridized carbons (Fsp3) is 0.417. The van der Waals surface area contributed by atoms with E-state index < -0.39 is 10.0 Å². The fourth-order valence-electron chi connectivity index (χ4n) is 1.40. The Bertz CT molecular complexity index is 490. The second-order valence-electron chi connectivity index (χ2n) is 4.06. The summed E-state index contributed by atoms with van der Waals surface area (Å²) in [6.45, 7) is 7.19. The van der Waals surface area contributed by atoms with E-state index in [0.717, 1.165) is 9.98 Å². The molecular weight excluding hydrogens is 236 g/mol. The molecule has 0 saturated carbocycles. The average Bonchev–Trinajstić information content (AvgIpc) is 2.25. The van der Waals surface area contributed by atoms with Crippen LogP contribution in [0.25, 0.3) is 0 Å². The number of rotatable bonds is 4. The van der Waals surface area contributed by atoms with E-state index in [0.29, 0.717) is 0 Å². The Morgan fingerprint density at radius 1 is 1.24 bits per heavy atom. The predicted molar refractivity (Wildman–Crippen MR) is 69.5 cm³/mol. The SMILES string of the molecule is C/C=N\N(C(C)C)S(=O)(=O)c1ccc(C)cc1. The third-order valence-electron chi connectivity index (χ3n) is 2.24. The van der Waals surface area contributed by atoms with Gasteiger partial charge in [-0.05, 0) is 39.8 Å². The summed E-state index contributed by atoms with van der Waals surface area (Å²) in [5.41, 5.74) is 1.03. The van der Waals surface area contributed by atoms with E-state index in [-0.39, 0.29) is 10.9 Å². The molecule has 4 nitrogen and oxygen atoms in total. The van der Waals surface area contributed by atoms with Gasteiger partial charge in [0.05, 0.1) is 10.9 Å². The minimum absolute atomic E-state index is 0.211. The van der Waals surface area contributed by atoms with Gasteiger partial charge in [0, 0.05) is 6.21 Å². The van der Waals surface area contributed by atoms with Gasteiger partial charge in [0.15, 0.2) is 0 Å². The molecule has 1 aromatic rings. The second-order valence-corrected chi connectivity index (χ2v) is 5.85. The maximum atomic E-state index is 12.3. The Hall–Kier alpha value is -1.36. The van der Waals surface area contributed by atoms with Gasteiger partial charge >= 0.3 is 0 Å². The third kappa shape index (κ3) is 3.06. The molecule has 1 rings (SSSR count). The van der Waals surface area contributed by atoms with Crippen LogP contribution in [0.5, 0.6) is 0 Å². The van der Waals surface area contributed by atoms with Gasteiger partial charge in [0.25, 0.3) is 10.0 Å². The van der Waals surface area contributed by atoms with Crippen molar-refractivity contribution in [3.8, 4) is 0 Å². The van der Waals surface area contributed by atoms with Crippen LogP contribution in [0, 0.1) is 6.92 Å². The number of hydrazone groups is 1. The number of hydrogen-bond donors (Lipinski definition) is 0. The van der Waals surface area contributed by atoms with E-state index in [9.17, 15) is 8.42 Å². The van der Waals surface area contributed by atoms with Crippen molar-refractivity contribution in [3.63, 3.8) is 0 Å². The number of aryl methyl sites for hydroxylation is 1. The van der Waals surface area contributed by atoms with Gasteiger partial charge in [-0.15, -0.1) is 0 Å². The molecule has 0 radical (unpaired) electrons. The Balaban J connectivity index is 3.21. The lowest BCUT2D eigenvalue weighted by Crippen LogP contribution is -2.32. The minimum Gasteiger partial charge on any atom is -0.200 e. The van der Waals surface area contributed by atoms with Gasteiger partial charge in [-0.1, -0.05) is 17.7 Å². The lowest BCUT2D eigenvalue weighted by Gasteiger charge is -2.22. The van der Waals surface area contributed by atoms with Crippen LogP contribution in [0.4, 0.5) is 0 Å². The molecular formula is C12H18N2O2S. The van der Waals surface area contributed by atoms with Crippen LogP contribution in [0.1, 0.15) is 26.3 Å². The molecule has 0 aliphatic carbocycles. The third-order valence-corrected chi connectivity index (χ3v) is 4.11. The summed E-state index contributed by atoms with van der Waals surface area (Å²) in [6.07, 6.45) is 1.48. The van der Waals surface area contributed by atoms with Gasteiger partial charge in [0.2, 0.25) is 0 Å². The summed E-state index contributed by atoms with van der Waals surface area (Å²) in [5.74, 6) is 0. The Morgan fingerprint density at radius 3 is 2.18 bits per heavy atom. The summed E-state index contributed by atoms with van der Waals surface area (Å²) in [7, 11) is -3.54. The van der Waals surface area contributed by atoms with E-state index in [2.05, 4.69) is 5.10 Å². The van der Waals surface area contributed by atoms with Crippen LogP contribution in [-0.4, -0.2) is 25.1 Å². The molecule has 1 aromatic carbocycles. The molecule has 0 aromatic heterocycles. The first kappa shape index (κ1) is 13.7. The molecule has 5 heteroatoms. The fourth-order valence-corrected chi connectivity index (χ4v) is 2.87. The highest BCUT2D eigenvalue weighted by atomic mass is 32.2. The summed E-state index contributed by atoms with van der Waals surface area (Å²) in [5, 5.41) is 3.91. The zero-order chi connectivity index (χ0) is 13.1. The van der Waals surface area contributed by atoms with Crippen LogP contribution in [0.3, 0.4) is 0 Å². The number of benzene rings is 1. The largest absolute Gasteiger partial charge is 0.279 e. The van der Waals surface area contributed by atoms with Crippen molar-refractivity contribution in [2.24, 2.45) is 5.10 Å². The van der Waals surface area contributed by atoms with Crippen molar-refractivity contribution in [2.75, 3.05) is 0 Å². The smallest absolute Gasteiger partial charge is 0.200 e. The minimum atomic E-state index is -3.54. The molecule has 0 heterocycles. The molecule has 94 valence electrons. The van der Waals surface area contributed by atoms with E-state index in [4.69, 9.17) is 0 Å².